The summed E-state index contributed by atoms with van der Waals surface area (Å²) in [4.78, 5) is 0. The predicted octanol–water partition coefficient (Wildman–Crippen LogP) is 5.34. The van der Waals surface area contributed by atoms with E-state index in [0.717, 1.165) is 0 Å². The minimum absolute atomic E-state index is 0. The molecular weight excluding hydrogens is 554 g/mol. The standard InChI is InChI=1S/C33H46P.HI/c1-11-12-13-14-15-34(31-25(5)16-22(2)17-26(31)6,32-27(7)18-23(3)19-28(32)8)33-29(9)20-24(4)21-30(33)10;/h16-21H,11-15H2,1-10H3;1H/q+1;/p-1. The third-order valence-corrected chi connectivity index (χ3v) is 12.8. The summed E-state index contributed by atoms with van der Waals surface area (Å²) in [6.45, 7) is 23.3. The van der Waals surface area contributed by atoms with Crippen LogP contribution < -0.4 is 39.9 Å². The molecule has 0 saturated heterocycles. The first-order valence-corrected chi connectivity index (χ1v) is 15.1. The van der Waals surface area contributed by atoms with Gasteiger partial charge in [-0.15, -0.1) is 0 Å². The largest absolute Gasteiger partial charge is 1.00 e. The molecule has 0 aromatic heterocycles. The van der Waals surface area contributed by atoms with Crippen LogP contribution in [0.15, 0.2) is 36.4 Å². The van der Waals surface area contributed by atoms with Crippen molar-refractivity contribution in [1.29, 1.82) is 0 Å². The molecule has 0 saturated carbocycles. The molecule has 190 valence electrons. The molecule has 35 heavy (non-hydrogen) atoms. The number of unbranched alkanes of at least 4 members (excludes halogenated alkanes) is 3. The lowest BCUT2D eigenvalue weighted by molar-refractivity contribution is -0.00000766. The van der Waals surface area contributed by atoms with E-state index in [1.165, 1.54) is 81.9 Å². The van der Waals surface area contributed by atoms with Crippen molar-refractivity contribution < 1.29 is 24.0 Å². The topological polar surface area (TPSA) is 0 Å². The molecule has 3 aromatic rings. The van der Waals surface area contributed by atoms with Gasteiger partial charge in [-0.05, 0) is 109 Å². The average molecular weight is 601 g/mol. The fourth-order valence-electron chi connectivity index (χ4n) is 6.77. The number of hydrogen-bond donors (Lipinski definition) is 0. The molecule has 0 bridgehead atoms. The van der Waals surface area contributed by atoms with Crippen molar-refractivity contribution in [2.75, 3.05) is 6.16 Å². The van der Waals surface area contributed by atoms with Gasteiger partial charge >= 0.3 is 0 Å². The normalized spacial score (nSPS) is 11.5. The van der Waals surface area contributed by atoms with Gasteiger partial charge in [-0.25, -0.2) is 0 Å². The van der Waals surface area contributed by atoms with Crippen molar-refractivity contribution in [3.05, 3.63) is 86.5 Å². The number of rotatable bonds is 8. The molecule has 3 rings (SSSR count). The van der Waals surface area contributed by atoms with Crippen molar-refractivity contribution in [3.63, 3.8) is 0 Å². The van der Waals surface area contributed by atoms with E-state index in [1.807, 2.05) is 0 Å². The summed E-state index contributed by atoms with van der Waals surface area (Å²) in [5.41, 5.74) is 13.0. The molecule has 2 heteroatoms. The maximum absolute atomic E-state index is 2.43. The molecule has 0 fully saturated rings. The highest BCUT2D eigenvalue weighted by molar-refractivity contribution is 7.96. The van der Waals surface area contributed by atoms with Crippen LogP contribution in [0, 0.1) is 62.3 Å². The highest BCUT2D eigenvalue weighted by Crippen LogP contribution is 2.60. The highest BCUT2D eigenvalue weighted by atomic mass is 127. The van der Waals surface area contributed by atoms with Crippen LogP contribution in [0.3, 0.4) is 0 Å². The fourth-order valence-corrected chi connectivity index (χ4v) is 12.8. The van der Waals surface area contributed by atoms with Crippen molar-refractivity contribution in [1.82, 2.24) is 0 Å². The van der Waals surface area contributed by atoms with E-state index >= 15 is 0 Å². The Labute approximate surface area is 233 Å². The van der Waals surface area contributed by atoms with Crippen molar-refractivity contribution in [3.8, 4) is 0 Å². The number of aryl methyl sites for hydroxylation is 9. The molecule has 0 unspecified atom stereocenters. The van der Waals surface area contributed by atoms with E-state index in [4.69, 9.17) is 0 Å². The first kappa shape index (κ1) is 30.0. The van der Waals surface area contributed by atoms with Crippen LogP contribution >= 0.6 is 7.26 Å². The van der Waals surface area contributed by atoms with Crippen LogP contribution in [0.25, 0.3) is 0 Å². The van der Waals surface area contributed by atoms with Gasteiger partial charge in [0, 0.05) is 0 Å². The molecule has 3 aromatic carbocycles. The summed E-state index contributed by atoms with van der Waals surface area (Å²) in [5.74, 6) is 0. The van der Waals surface area contributed by atoms with E-state index < -0.39 is 7.26 Å². The summed E-state index contributed by atoms with van der Waals surface area (Å²) >= 11 is 0. The summed E-state index contributed by atoms with van der Waals surface area (Å²) < 4.78 is 0. The Kier molecular flexibility index (Phi) is 10.6. The van der Waals surface area contributed by atoms with Crippen LogP contribution in [-0.2, 0) is 0 Å². The van der Waals surface area contributed by atoms with E-state index in [2.05, 4.69) is 106 Å². The van der Waals surface area contributed by atoms with Crippen molar-refractivity contribution >= 4 is 23.2 Å². The fraction of sp³-hybridized carbons (Fsp3) is 0.455. The lowest BCUT2D eigenvalue weighted by Gasteiger charge is -2.35. The molecule has 0 atom stereocenters. The molecular formula is C33H46IP. The maximum Gasteiger partial charge on any atom is 0.113 e. The quantitative estimate of drug-likeness (QED) is 0.186. The molecule has 0 aliphatic rings. The number of benzene rings is 3. The van der Waals surface area contributed by atoms with Gasteiger partial charge in [0.2, 0.25) is 0 Å². The van der Waals surface area contributed by atoms with Gasteiger partial charge in [-0.1, -0.05) is 72.9 Å². The first-order chi connectivity index (χ1) is 16.0. The van der Waals surface area contributed by atoms with Crippen LogP contribution in [0.2, 0.25) is 0 Å². The zero-order valence-electron chi connectivity index (χ0n) is 23.8. The number of halogens is 1. The van der Waals surface area contributed by atoms with E-state index in [9.17, 15) is 0 Å². The molecule has 0 amide bonds. The molecule has 0 radical (unpaired) electrons. The van der Waals surface area contributed by atoms with Gasteiger partial charge in [0.15, 0.2) is 0 Å². The first-order valence-electron chi connectivity index (χ1n) is 13.2. The van der Waals surface area contributed by atoms with Crippen molar-refractivity contribution in [2.45, 2.75) is 94.9 Å². The van der Waals surface area contributed by atoms with Gasteiger partial charge < -0.3 is 24.0 Å². The maximum atomic E-state index is 2.43. The molecule has 0 spiro atoms. The van der Waals surface area contributed by atoms with Crippen LogP contribution in [0.4, 0.5) is 0 Å². The second-order valence-corrected chi connectivity index (χ2v) is 14.2. The third-order valence-electron chi connectivity index (χ3n) is 7.40. The number of hydrogen-bond acceptors (Lipinski definition) is 0. The Morgan fingerprint density at radius 2 is 0.743 bits per heavy atom. The summed E-state index contributed by atoms with van der Waals surface area (Å²) in [6.07, 6.45) is 6.46. The molecule has 0 heterocycles. The lowest BCUT2D eigenvalue weighted by atomic mass is 10.1. The second kappa shape index (κ2) is 12.4. The smallest absolute Gasteiger partial charge is 0.113 e. The van der Waals surface area contributed by atoms with Gasteiger partial charge in [-0.3, -0.25) is 0 Å². The Bertz CT molecular complexity index is 979. The summed E-state index contributed by atoms with van der Waals surface area (Å²) in [5, 5.41) is 4.92. The van der Waals surface area contributed by atoms with Gasteiger partial charge in [0.25, 0.3) is 0 Å². The monoisotopic (exact) mass is 600 g/mol. The third kappa shape index (κ3) is 6.04. The van der Waals surface area contributed by atoms with Crippen molar-refractivity contribution in [2.24, 2.45) is 0 Å². The Morgan fingerprint density at radius 1 is 0.457 bits per heavy atom. The Morgan fingerprint density at radius 3 is 1.00 bits per heavy atom. The molecule has 0 N–H and O–H groups in total. The minimum atomic E-state index is -1.88. The second-order valence-electron chi connectivity index (χ2n) is 10.8. The van der Waals surface area contributed by atoms with Crippen LogP contribution in [0.1, 0.15) is 82.7 Å². The van der Waals surface area contributed by atoms with Gasteiger partial charge in [0.05, 0.1) is 6.16 Å². The molecule has 0 aliphatic carbocycles. The average Bonchev–Trinajstić information content (AvgIpc) is 2.68. The lowest BCUT2D eigenvalue weighted by Crippen LogP contribution is -3.00. The van der Waals surface area contributed by atoms with E-state index in [0.29, 0.717) is 0 Å². The summed E-state index contributed by atoms with van der Waals surface area (Å²) in [6, 6.07) is 14.6. The zero-order valence-corrected chi connectivity index (χ0v) is 26.9. The molecule has 0 aliphatic heterocycles. The highest BCUT2D eigenvalue weighted by Gasteiger charge is 2.50. The SMILES string of the molecule is CCCCCC[P+](c1c(C)cc(C)cc1C)(c1c(C)cc(C)cc1C)c1c(C)cc(C)cc1C.[I-]. The minimum Gasteiger partial charge on any atom is -1.00 e. The summed E-state index contributed by atoms with van der Waals surface area (Å²) in [7, 11) is -1.88. The Hall–Kier alpha value is -1.18. The van der Waals surface area contributed by atoms with Crippen LogP contribution in [-0.4, -0.2) is 6.16 Å². The predicted molar refractivity (Wildman–Crippen MR) is 157 cm³/mol. The van der Waals surface area contributed by atoms with E-state index in [-0.39, 0.29) is 24.0 Å². The van der Waals surface area contributed by atoms with E-state index in [1.54, 1.807) is 15.9 Å². The molecule has 0 nitrogen and oxygen atoms in total. The van der Waals surface area contributed by atoms with Gasteiger partial charge in [-0.2, -0.15) is 0 Å². The zero-order chi connectivity index (χ0) is 25.2. The van der Waals surface area contributed by atoms with Gasteiger partial charge in [0.1, 0.15) is 23.2 Å². The Balaban J connectivity index is 0.00000432. The van der Waals surface area contributed by atoms with Crippen LogP contribution in [0.5, 0.6) is 0 Å².